The van der Waals surface area contributed by atoms with Gasteiger partial charge in [-0.3, -0.25) is 4.79 Å². The lowest BCUT2D eigenvalue weighted by Gasteiger charge is -2.40. The second-order valence-corrected chi connectivity index (χ2v) is 5.85. The number of amides is 1. The summed E-state index contributed by atoms with van der Waals surface area (Å²) in [6.07, 6.45) is -13.6. The fraction of sp³-hybridized carbons (Fsp3) is 0.786. The molecule has 1 aliphatic rings. The summed E-state index contributed by atoms with van der Waals surface area (Å²) < 4.78 is 4.81. The zero-order chi connectivity index (χ0) is 22.2. The van der Waals surface area contributed by atoms with Crippen molar-refractivity contribution in [3.8, 4) is 0 Å². The molecule has 0 radical (unpaired) electrons. The van der Waals surface area contributed by atoms with E-state index in [1.54, 1.807) is 0 Å². The van der Waals surface area contributed by atoms with E-state index in [1.165, 1.54) is 6.92 Å². The third-order valence-corrected chi connectivity index (χ3v) is 3.69. The molecular formula is C14H25NO13. The highest BCUT2D eigenvalue weighted by Gasteiger charge is 2.43. The quantitative estimate of drug-likeness (QED) is 0.174. The summed E-state index contributed by atoms with van der Waals surface area (Å²) >= 11 is 0. The van der Waals surface area contributed by atoms with Gasteiger partial charge in [0.2, 0.25) is 5.91 Å². The fourth-order valence-electron chi connectivity index (χ4n) is 2.10. The van der Waals surface area contributed by atoms with E-state index in [0.717, 1.165) is 0 Å². The van der Waals surface area contributed by atoms with Crippen LogP contribution in [0.3, 0.4) is 0 Å². The first kappa shape index (κ1) is 26.2. The predicted molar refractivity (Wildman–Crippen MR) is 85.3 cm³/mol. The fourth-order valence-corrected chi connectivity index (χ4v) is 2.10. The highest BCUT2D eigenvalue weighted by molar-refractivity contribution is 5.73. The molecule has 0 aliphatic carbocycles. The number of aliphatic hydroxyl groups is 8. The number of hydrogen-bond acceptors (Lipinski definition) is 12. The van der Waals surface area contributed by atoms with E-state index in [-0.39, 0.29) is 6.29 Å². The molecule has 1 heterocycles. The maximum absolute atomic E-state index is 10.7. The number of ether oxygens (including phenoxy) is 1. The van der Waals surface area contributed by atoms with Crippen LogP contribution in [-0.4, -0.2) is 126 Å². The Hall–Kier alpha value is -1.75. The second-order valence-electron chi connectivity index (χ2n) is 5.85. The number of carboxylic acid groups (broad SMARTS) is 1. The normalized spacial score (nSPS) is 31.4. The van der Waals surface area contributed by atoms with Crippen LogP contribution in [-0.2, 0) is 19.1 Å². The van der Waals surface area contributed by atoms with Crippen LogP contribution in [0.15, 0.2) is 0 Å². The van der Waals surface area contributed by atoms with Crippen molar-refractivity contribution in [2.24, 2.45) is 0 Å². The Balaban J connectivity index is 0.000000528. The Bertz CT molecular complexity index is 517. The van der Waals surface area contributed by atoms with Gasteiger partial charge < -0.3 is 60.8 Å². The van der Waals surface area contributed by atoms with Crippen LogP contribution in [0.25, 0.3) is 0 Å². The largest absolute Gasteiger partial charge is 0.479 e. The molecule has 0 saturated carbocycles. The van der Waals surface area contributed by atoms with Crippen molar-refractivity contribution in [1.82, 2.24) is 5.32 Å². The van der Waals surface area contributed by atoms with E-state index in [9.17, 15) is 29.7 Å². The molecule has 0 aromatic heterocycles. The Morgan fingerprint density at radius 3 is 2.00 bits per heavy atom. The predicted octanol–water partition coefficient (Wildman–Crippen LogP) is -6.36. The molecule has 28 heavy (non-hydrogen) atoms. The van der Waals surface area contributed by atoms with Gasteiger partial charge in [0.1, 0.15) is 42.7 Å². The maximum atomic E-state index is 10.7. The molecule has 1 saturated heterocycles. The zero-order valence-corrected chi connectivity index (χ0v) is 14.6. The van der Waals surface area contributed by atoms with Crippen molar-refractivity contribution in [2.45, 2.75) is 62.0 Å². The number of aliphatic hydroxyl groups excluding tert-OH is 8. The van der Waals surface area contributed by atoms with Crippen molar-refractivity contribution < 1.29 is 65.1 Å². The van der Waals surface area contributed by atoms with Gasteiger partial charge in [-0.05, 0) is 0 Å². The molecule has 0 aromatic rings. The Morgan fingerprint density at radius 1 is 1.07 bits per heavy atom. The molecule has 9 atom stereocenters. The molecule has 0 unspecified atom stereocenters. The molecule has 10 N–H and O–H groups in total. The van der Waals surface area contributed by atoms with Gasteiger partial charge in [-0.1, -0.05) is 0 Å². The lowest BCUT2D eigenvalue weighted by Crippen LogP contribution is -2.63. The molecule has 14 heteroatoms. The van der Waals surface area contributed by atoms with Crippen LogP contribution in [0.4, 0.5) is 0 Å². The minimum absolute atomic E-state index is 0.0809. The van der Waals surface area contributed by atoms with Crippen LogP contribution in [0.1, 0.15) is 6.92 Å². The molecule has 0 bridgehead atoms. The van der Waals surface area contributed by atoms with Crippen molar-refractivity contribution >= 4 is 18.2 Å². The molecular weight excluding hydrogens is 390 g/mol. The summed E-state index contributed by atoms with van der Waals surface area (Å²) in [6.45, 7) is 0.687. The first-order chi connectivity index (χ1) is 12.9. The standard InChI is InChI=1S/C8H15NO6.C6H10O7/c1-3(11)9-5-7(13)6(12)4(2-10)15-8(5)14;7-1-2(8)3(9)4(10)5(11)6(12)13/h4-8,10,12-14H,2H2,1H3,(H,9,11);1-5,8-11H,(H,12,13)/t4-,5-,6-,7-,8+;2-,3+,4-,5-/m10/s1. The van der Waals surface area contributed by atoms with E-state index in [0.29, 0.717) is 0 Å². The van der Waals surface area contributed by atoms with Crippen molar-refractivity contribution in [1.29, 1.82) is 0 Å². The monoisotopic (exact) mass is 415 g/mol. The van der Waals surface area contributed by atoms with Gasteiger partial charge in [-0.25, -0.2) is 4.79 Å². The highest BCUT2D eigenvalue weighted by Crippen LogP contribution is 2.19. The number of carboxylic acids is 1. The molecule has 1 amide bonds. The summed E-state index contributed by atoms with van der Waals surface area (Å²) in [6, 6.07) is -1.10. The van der Waals surface area contributed by atoms with Gasteiger partial charge in [0.15, 0.2) is 18.7 Å². The minimum Gasteiger partial charge on any atom is -0.479 e. The SMILES string of the molecule is CC(=O)N[C@@H]1[C@@H](O)[C@H](O)[C@@H](CO)O[C@@H]1O.O=C[C@H](O)[C@@H](O)[C@H](O)[C@H](O)C(=O)O. The van der Waals surface area contributed by atoms with Crippen LogP contribution >= 0.6 is 0 Å². The number of rotatable bonds is 7. The van der Waals surface area contributed by atoms with E-state index in [2.05, 4.69) is 5.32 Å². The summed E-state index contributed by atoms with van der Waals surface area (Å²) in [5.74, 6) is -2.22. The highest BCUT2D eigenvalue weighted by atomic mass is 16.6. The summed E-state index contributed by atoms with van der Waals surface area (Å²) in [5.41, 5.74) is 0. The van der Waals surface area contributed by atoms with Crippen molar-refractivity contribution in [3.63, 3.8) is 0 Å². The average Bonchev–Trinajstić information content (AvgIpc) is 2.65. The van der Waals surface area contributed by atoms with E-state index in [4.69, 9.17) is 35.4 Å². The van der Waals surface area contributed by atoms with Crippen LogP contribution in [0.2, 0.25) is 0 Å². The first-order valence-electron chi connectivity index (χ1n) is 7.86. The third-order valence-electron chi connectivity index (χ3n) is 3.69. The summed E-state index contributed by atoms with van der Waals surface area (Å²) in [5, 5.41) is 82.6. The topological polar surface area (TPSA) is 255 Å². The molecule has 0 spiro atoms. The molecule has 164 valence electrons. The number of carbonyl (C=O) groups excluding carboxylic acids is 2. The van der Waals surface area contributed by atoms with Crippen LogP contribution in [0.5, 0.6) is 0 Å². The second kappa shape index (κ2) is 11.9. The van der Waals surface area contributed by atoms with Crippen LogP contribution < -0.4 is 5.32 Å². The van der Waals surface area contributed by atoms with Crippen LogP contribution in [0, 0.1) is 0 Å². The van der Waals surface area contributed by atoms with Crippen molar-refractivity contribution in [2.75, 3.05) is 6.61 Å². The molecule has 1 aliphatic heterocycles. The summed E-state index contributed by atoms with van der Waals surface area (Å²) in [7, 11) is 0. The maximum Gasteiger partial charge on any atom is 0.335 e. The lowest BCUT2D eigenvalue weighted by atomic mass is 9.97. The van der Waals surface area contributed by atoms with E-state index >= 15 is 0 Å². The van der Waals surface area contributed by atoms with Gasteiger partial charge in [-0.2, -0.15) is 0 Å². The van der Waals surface area contributed by atoms with Gasteiger partial charge >= 0.3 is 5.97 Å². The van der Waals surface area contributed by atoms with Gasteiger partial charge in [-0.15, -0.1) is 0 Å². The smallest absolute Gasteiger partial charge is 0.335 e. The van der Waals surface area contributed by atoms with Gasteiger partial charge in [0.05, 0.1) is 6.61 Å². The first-order valence-corrected chi connectivity index (χ1v) is 7.86. The number of nitrogens with one attached hydrogen (secondary N) is 1. The Kier molecular flexibility index (Phi) is 11.2. The van der Waals surface area contributed by atoms with Crippen molar-refractivity contribution in [3.05, 3.63) is 0 Å². The number of aliphatic carboxylic acids is 1. The molecule has 14 nitrogen and oxygen atoms in total. The van der Waals surface area contributed by atoms with E-state index in [1.807, 2.05) is 0 Å². The summed E-state index contributed by atoms with van der Waals surface area (Å²) in [4.78, 5) is 30.7. The number of hydrogen-bond donors (Lipinski definition) is 10. The van der Waals surface area contributed by atoms with Gasteiger partial charge in [0, 0.05) is 6.92 Å². The van der Waals surface area contributed by atoms with Gasteiger partial charge in [0.25, 0.3) is 0 Å². The lowest BCUT2D eigenvalue weighted by molar-refractivity contribution is -0.253. The Labute approximate surface area is 158 Å². The average molecular weight is 415 g/mol. The third kappa shape index (κ3) is 7.34. The minimum atomic E-state index is -2.25. The Morgan fingerprint density at radius 2 is 1.61 bits per heavy atom. The number of aldehydes is 1. The molecule has 1 rings (SSSR count). The van der Waals surface area contributed by atoms with E-state index < -0.39 is 73.5 Å². The molecule has 0 aromatic carbocycles. The zero-order valence-electron chi connectivity index (χ0n) is 14.6. The number of carbonyl (C=O) groups is 3. The molecule has 1 fully saturated rings.